The molecule has 0 saturated heterocycles. The smallest absolute Gasteiger partial charge is 0.0954 e. The molecular formula is C32H64O6. The second-order valence-electron chi connectivity index (χ2n) is 10.1. The van der Waals surface area contributed by atoms with Crippen molar-refractivity contribution in [2.45, 2.75) is 142 Å². The van der Waals surface area contributed by atoms with E-state index in [4.69, 9.17) is 24.8 Å². The highest BCUT2D eigenvalue weighted by Crippen LogP contribution is 2.11. The Kier molecular flexibility index (Phi) is 37.6. The van der Waals surface area contributed by atoms with Gasteiger partial charge in [-0.2, -0.15) is 0 Å². The first-order chi connectivity index (χ1) is 18.6. The van der Waals surface area contributed by atoms with Crippen LogP contribution in [0.4, 0.5) is 0 Å². The molecule has 228 valence electrons. The Morgan fingerprint density at radius 2 is 0.947 bits per heavy atom. The third-order valence-corrected chi connectivity index (χ3v) is 6.25. The van der Waals surface area contributed by atoms with Crippen LogP contribution in [0.3, 0.4) is 0 Å². The highest BCUT2D eigenvalue weighted by atomic mass is 16.5. The minimum absolute atomic E-state index is 0.0318. The molecule has 0 aromatic rings. The van der Waals surface area contributed by atoms with Gasteiger partial charge in [0, 0.05) is 0 Å². The SMILES string of the molecule is CCCCCCCCCCC=CC(O)CO.CCCCCCCCCCC=CC(O)COCCOCCO. The maximum absolute atomic E-state index is 9.68. The van der Waals surface area contributed by atoms with Gasteiger partial charge in [-0.15, -0.1) is 0 Å². The third-order valence-electron chi connectivity index (χ3n) is 6.25. The highest BCUT2D eigenvalue weighted by molar-refractivity contribution is 4.88. The molecule has 6 heteroatoms. The fourth-order valence-electron chi connectivity index (χ4n) is 3.90. The molecule has 0 saturated carbocycles. The molecule has 0 spiro atoms. The normalized spacial score (nSPS) is 13.2. The maximum atomic E-state index is 9.68. The number of rotatable bonds is 28. The van der Waals surface area contributed by atoms with E-state index >= 15 is 0 Å². The van der Waals surface area contributed by atoms with Crippen LogP contribution < -0.4 is 0 Å². The molecule has 0 amide bonds. The van der Waals surface area contributed by atoms with Gasteiger partial charge in [0.25, 0.3) is 0 Å². The van der Waals surface area contributed by atoms with E-state index in [0.29, 0.717) is 26.4 Å². The van der Waals surface area contributed by atoms with E-state index in [2.05, 4.69) is 13.8 Å². The van der Waals surface area contributed by atoms with Gasteiger partial charge in [0.2, 0.25) is 0 Å². The summed E-state index contributed by atoms with van der Waals surface area (Å²) in [5.74, 6) is 0. The van der Waals surface area contributed by atoms with E-state index in [0.717, 1.165) is 12.8 Å². The summed E-state index contributed by atoms with van der Waals surface area (Å²) in [7, 11) is 0. The number of ether oxygens (including phenoxy) is 2. The summed E-state index contributed by atoms with van der Waals surface area (Å²) in [4.78, 5) is 0. The largest absolute Gasteiger partial charge is 0.394 e. The van der Waals surface area contributed by atoms with Crippen LogP contribution in [0.15, 0.2) is 24.3 Å². The number of aliphatic hydroxyl groups is 4. The molecule has 0 radical (unpaired) electrons. The van der Waals surface area contributed by atoms with Crippen molar-refractivity contribution in [2.24, 2.45) is 0 Å². The fourth-order valence-corrected chi connectivity index (χ4v) is 3.90. The van der Waals surface area contributed by atoms with Gasteiger partial charge >= 0.3 is 0 Å². The summed E-state index contributed by atoms with van der Waals surface area (Å²) >= 11 is 0. The Morgan fingerprint density at radius 3 is 1.39 bits per heavy atom. The molecule has 2 atom stereocenters. The van der Waals surface area contributed by atoms with E-state index in [-0.39, 0.29) is 13.2 Å². The number of hydrogen-bond acceptors (Lipinski definition) is 6. The Morgan fingerprint density at radius 1 is 0.526 bits per heavy atom. The van der Waals surface area contributed by atoms with Gasteiger partial charge in [-0.1, -0.05) is 128 Å². The second kappa shape index (κ2) is 36.2. The lowest BCUT2D eigenvalue weighted by Gasteiger charge is -2.07. The van der Waals surface area contributed by atoms with Crippen molar-refractivity contribution in [3.63, 3.8) is 0 Å². The fraction of sp³-hybridized carbons (Fsp3) is 0.875. The zero-order valence-corrected chi connectivity index (χ0v) is 25.0. The standard InChI is InChI=1S/C18H36O4.C14H28O2/c1-2-3-4-5-6-7-8-9-10-11-12-18(20)17-22-16-15-21-14-13-19;1-2-3-4-5-6-7-8-9-10-11-12-14(16)13-15/h11-12,18-20H,2-10,13-17H2,1H3;11-12,14-16H,2-10,13H2,1H3. The summed E-state index contributed by atoms with van der Waals surface area (Å²) in [6.45, 7) is 5.89. The predicted octanol–water partition coefficient (Wildman–Crippen LogP) is 6.89. The minimum atomic E-state index is -0.672. The number of aliphatic hydroxyl groups excluding tert-OH is 4. The topological polar surface area (TPSA) is 99.4 Å². The lowest BCUT2D eigenvalue weighted by atomic mass is 10.1. The van der Waals surface area contributed by atoms with Crippen molar-refractivity contribution in [3.05, 3.63) is 24.3 Å². The molecule has 4 N–H and O–H groups in total. The first-order valence-electron chi connectivity index (χ1n) is 15.7. The van der Waals surface area contributed by atoms with E-state index in [9.17, 15) is 5.11 Å². The Balaban J connectivity index is 0. The molecular weight excluding hydrogens is 480 g/mol. The second-order valence-corrected chi connectivity index (χ2v) is 10.1. The number of allylic oxidation sites excluding steroid dienone is 2. The molecule has 0 bridgehead atoms. The van der Waals surface area contributed by atoms with Crippen LogP contribution in [-0.2, 0) is 9.47 Å². The molecule has 38 heavy (non-hydrogen) atoms. The third kappa shape index (κ3) is 37.4. The van der Waals surface area contributed by atoms with Crippen molar-refractivity contribution >= 4 is 0 Å². The minimum Gasteiger partial charge on any atom is -0.394 e. The van der Waals surface area contributed by atoms with Crippen LogP contribution in [0.1, 0.15) is 129 Å². The highest BCUT2D eigenvalue weighted by Gasteiger charge is 1.99. The molecule has 0 rings (SSSR count). The molecule has 2 unspecified atom stereocenters. The lowest BCUT2D eigenvalue weighted by molar-refractivity contribution is 0.00917. The van der Waals surface area contributed by atoms with Crippen LogP contribution in [0.2, 0.25) is 0 Å². The van der Waals surface area contributed by atoms with Crippen LogP contribution in [-0.4, -0.2) is 72.3 Å². The average molecular weight is 545 g/mol. The van der Waals surface area contributed by atoms with Crippen molar-refractivity contribution in [2.75, 3.05) is 39.6 Å². The van der Waals surface area contributed by atoms with E-state index in [1.54, 1.807) is 6.08 Å². The molecule has 0 aromatic heterocycles. The first kappa shape index (κ1) is 39.4. The molecule has 0 aromatic carbocycles. The molecule has 0 fully saturated rings. The predicted molar refractivity (Wildman–Crippen MR) is 161 cm³/mol. The van der Waals surface area contributed by atoms with Gasteiger partial charge in [0.1, 0.15) is 0 Å². The summed E-state index contributed by atoms with van der Waals surface area (Å²) in [6, 6.07) is 0. The van der Waals surface area contributed by atoms with E-state index < -0.39 is 12.2 Å². The molecule has 0 aliphatic rings. The van der Waals surface area contributed by atoms with E-state index in [1.165, 1.54) is 103 Å². The van der Waals surface area contributed by atoms with Gasteiger partial charge < -0.3 is 29.9 Å². The van der Waals surface area contributed by atoms with Gasteiger partial charge in [0.05, 0.1) is 51.8 Å². The Hall–Kier alpha value is -0.760. The monoisotopic (exact) mass is 544 g/mol. The van der Waals surface area contributed by atoms with Crippen LogP contribution >= 0.6 is 0 Å². The van der Waals surface area contributed by atoms with Gasteiger partial charge in [-0.25, -0.2) is 0 Å². The summed E-state index contributed by atoms with van der Waals surface area (Å²) in [6.07, 6.45) is 29.6. The number of unbranched alkanes of at least 4 members (excludes halogenated alkanes) is 16. The van der Waals surface area contributed by atoms with Crippen LogP contribution in [0, 0.1) is 0 Å². The first-order valence-corrected chi connectivity index (χ1v) is 15.7. The van der Waals surface area contributed by atoms with Crippen LogP contribution in [0.25, 0.3) is 0 Å². The molecule has 0 aliphatic carbocycles. The van der Waals surface area contributed by atoms with Gasteiger partial charge in [-0.05, 0) is 25.7 Å². The number of hydrogen-bond donors (Lipinski definition) is 4. The Labute approximate surface area is 235 Å². The zero-order chi connectivity index (χ0) is 28.4. The lowest BCUT2D eigenvalue weighted by Crippen LogP contribution is -2.15. The van der Waals surface area contributed by atoms with Gasteiger partial charge in [-0.3, -0.25) is 0 Å². The maximum Gasteiger partial charge on any atom is 0.0954 e. The summed E-state index contributed by atoms with van der Waals surface area (Å²) < 4.78 is 10.3. The average Bonchev–Trinajstić information content (AvgIpc) is 2.93. The van der Waals surface area contributed by atoms with Crippen molar-refractivity contribution in [1.82, 2.24) is 0 Å². The molecule has 6 nitrogen and oxygen atoms in total. The van der Waals surface area contributed by atoms with E-state index in [1.807, 2.05) is 18.2 Å². The summed E-state index contributed by atoms with van der Waals surface area (Å²) in [5.41, 5.74) is 0. The molecule has 0 aliphatic heterocycles. The van der Waals surface area contributed by atoms with Crippen molar-refractivity contribution < 1.29 is 29.9 Å². The van der Waals surface area contributed by atoms with Crippen LogP contribution in [0.5, 0.6) is 0 Å². The van der Waals surface area contributed by atoms with Gasteiger partial charge in [0.15, 0.2) is 0 Å². The quantitative estimate of drug-likeness (QED) is 0.0632. The van der Waals surface area contributed by atoms with Crippen molar-refractivity contribution in [3.8, 4) is 0 Å². The van der Waals surface area contributed by atoms with Crippen molar-refractivity contribution in [1.29, 1.82) is 0 Å². The zero-order valence-electron chi connectivity index (χ0n) is 25.0. The molecule has 0 heterocycles. The summed E-state index contributed by atoms with van der Waals surface area (Å²) in [5, 5.41) is 35.8. The Bertz CT molecular complexity index is 469.